The molecule has 3 heterocycles. The molecule has 1 aromatic carbocycles. The molecule has 3 atom stereocenters. The highest BCUT2D eigenvalue weighted by Crippen LogP contribution is 2.32. The molecule has 0 spiro atoms. The summed E-state index contributed by atoms with van der Waals surface area (Å²) in [4.78, 5) is 59.1. The van der Waals surface area contributed by atoms with Crippen LogP contribution in [0.15, 0.2) is 29.1 Å². The van der Waals surface area contributed by atoms with Crippen LogP contribution in [0.4, 0.5) is 23.1 Å². The number of carbonyl (C=O) groups excluding carboxylic acids is 3. The molecular weight excluding hydrogens is 424 g/mol. The maximum atomic E-state index is 13.1. The van der Waals surface area contributed by atoms with Gasteiger partial charge < -0.3 is 20.9 Å². The predicted octanol–water partition coefficient (Wildman–Crippen LogP) is 2.56. The normalized spacial score (nSPS) is 22.2. The lowest BCUT2D eigenvalue weighted by atomic mass is 9.92. The minimum Gasteiger partial charge on any atom is -0.337 e. The van der Waals surface area contributed by atoms with Crippen LogP contribution in [0.2, 0.25) is 0 Å². The zero-order valence-electron chi connectivity index (χ0n) is 18.9. The number of amides is 3. The van der Waals surface area contributed by atoms with Crippen molar-refractivity contribution in [2.45, 2.75) is 64.5 Å². The van der Waals surface area contributed by atoms with E-state index in [1.165, 1.54) is 6.92 Å². The Balaban J connectivity index is 1.60. The number of anilines is 4. The van der Waals surface area contributed by atoms with Gasteiger partial charge in [0, 0.05) is 36.8 Å². The molecule has 4 N–H and O–H groups in total. The monoisotopic (exact) mass is 452 g/mol. The summed E-state index contributed by atoms with van der Waals surface area (Å²) >= 11 is 0. The molecule has 2 aromatic rings. The van der Waals surface area contributed by atoms with Crippen molar-refractivity contribution in [1.82, 2.24) is 9.97 Å². The van der Waals surface area contributed by atoms with Crippen molar-refractivity contribution in [2.24, 2.45) is 0 Å². The molecule has 10 heteroatoms. The summed E-state index contributed by atoms with van der Waals surface area (Å²) in [5, 5.41) is 8.07. The van der Waals surface area contributed by atoms with E-state index in [0.717, 1.165) is 19.3 Å². The number of nitrogens with one attached hydrogen (secondary N) is 4. The van der Waals surface area contributed by atoms with Gasteiger partial charge in [-0.15, -0.1) is 0 Å². The molecule has 2 aliphatic heterocycles. The second kappa shape index (κ2) is 9.05. The molecule has 4 rings (SSSR count). The summed E-state index contributed by atoms with van der Waals surface area (Å²) in [5.74, 6) is -1.46. The number of aromatic nitrogens is 2. The molecule has 0 radical (unpaired) electrons. The number of aromatic amines is 1. The predicted molar refractivity (Wildman–Crippen MR) is 125 cm³/mol. The van der Waals surface area contributed by atoms with Gasteiger partial charge in [0.15, 0.2) is 0 Å². The fraction of sp³-hybridized carbons (Fsp3) is 0.435. The molecule has 2 aliphatic rings. The third kappa shape index (κ3) is 4.74. The maximum absolute atomic E-state index is 13.1. The topological polar surface area (TPSA) is 136 Å². The summed E-state index contributed by atoms with van der Waals surface area (Å²) in [6.07, 6.45) is 2.94. The molecule has 0 bridgehead atoms. The number of rotatable bonds is 4. The van der Waals surface area contributed by atoms with Crippen LogP contribution < -0.4 is 26.4 Å². The largest absolute Gasteiger partial charge is 0.337 e. The Morgan fingerprint density at radius 1 is 1.03 bits per heavy atom. The summed E-state index contributed by atoms with van der Waals surface area (Å²) in [7, 11) is 0. The van der Waals surface area contributed by atoms with E-state index in [4.69, 9.17) is 0 Å². The van der Waals surface area contributed by atoms with Gasteiger partial charge in [0.05, 0.1) is 11.5 Å². The van der Waals surface area contributed by atoms with Crippen molar-refractivity contribution in [3.63, 3.8) is 0 Å². The number of nitrogens with zero attached hydrogens (tertiary/aromatic N) is 2. The lowest BCUT2D eigenvalue weighted by Crippen LogP contribution is -2.46. The first kappa shape index (κ1) is 22.5. The number of carbonyl (C=O) groups is 3. The van der Waals surface area contributed by atoms with Crippen LogP contribution in [0.1, 0.15) is 57.9 Å². The summed E-state index contributed by atoms with van der Waals surface area (Å²) in [6, 6.07) is 6.98. The van der Waals surface area contributed by atoms with Crippen molar-refractivity contribution >= 4 is 40.9 Å². The standard InChI is InChI=1S/C23H28N6O4/c1-12-5-4-6-13(2)29(12)23-27-20-19(22(33)28-23)17(11-18(31)26-20)21(32)25-16-9-7-15(8-10-16)24-14(3)30/h7-10,12-13,17H,4-6,11H2,1-3H3,(H,24,30)(H,25,32)(H2,26,27,28,31,33)/t12-,13-,17+/m0/s1. The Kier molecular flexibility index (Phi) is 6.17. The summed E-state index contributed by atoms with van der Waals surface area (Å²) in [6.45, 7) is 5.58. The Hall–Kier alpha value is -3.69. The Morgan fingerprint density at radius 2 is 1.64 bits per heavy atom. The third-order valence-electron chi connectivity index (χ3n) is 6.17. The van der Waals surface area contributed by atoms with E-state index in [-0.39, 0.29) is 41.7 Å². The molecule has 10 nitrogen and oxygen atoms in total. The van der Waals surface area contributed by atoms with E-state index in [9.17, 15) is 19.2 Å². The van der Waals surface area contributed by atoms with Gasteiger partial charge in [0.1, 0.15) is 5.82 Å². The lowest BCUT2D eigenvalue weighted by Gasteiger charge is -2.39. The third-order valence-corrected chi connectivity index (χ3v) is 6.17. The van der Waals surface area contributed by atoms with Crippen LogP contribution in [0.5, 0.6) is 0 Å². The molecule has 0 saturated carbocycles. The van der Waals surface area contributed by atoms with Crippen molar-refractivity contribution in [1.29, 1.82) is 0 Å². The quantitative estimate of drug-likeness (QED) is 0.563. The first-order chi connectivity index (χ1) is 15.7. The zero-order chi connectivity index (χ0) is 23.7. The average molecular weight is 453 g/mol. The van der Waals surface area contributed by atoms with E-state index in [1.807, 2.05) is 0 Å². The Bertz CT molecular complexity index is 1130. The minimum atomic E-state index is -0.967. The molecule has 33 heavy (non-hydrogen) atoms. The van der Waals surface area contributed by atoms with Crippen molar-refractivity contribution in [3.8, 4) is 0 Å². The van der Waals surface area contributed by atoms with Gasteiger partial charge in [0.25, 0.3) is 5.56 Å². The number of benzene rings is 1. The molecule has 1 aromatic heterocycles. The number of H-pyrrole nitrogens is 1. The van der Waals surface area contributed by atoms with E-state index in [2.05, 4.69) is 44.7 Å². The second-order valence-corrected chi connectivity index (χ2v) is 8.74. The zero-order valence-corrected chi connectivity index (χ0v) is 18.9. The first-order valence-electron chi connectivity index (χ1n) is 11.1. The molecule has 1 fully saturated rings. The molecule has 0 unspecified atom stereocenters. The first-order valence-corrected chi connectivity index (χ1v) is 11.1. The highest BCUT2D eigenvalue weighted by molar-refractivity contribution is 6.04. The SMILES string of the molecule is CC(=O)Nc1ccc(NC(=O)[C@@H]2CC(=O)Nc3nc(N4[C@@H](C)CCC[C@@H]4C)[nH]c(=O)c32)cc1. The number of hydrogen-bond acceptors (Lipinski definition) is 6. The van der Waals surface area contributed by atoms with Gasteiger partial charge >= 0.3 is 0 Å². The van der Waals surface area contributed by atoms with E-state index in [1.54, 1.807) is 24.3 Å². The van der Waals surface area contributed by atoms with Gasteiger partial charge in [-0.2, -0.15) is 4.98 Å². The summed E-state index contributed by atoms with van der Waals surface area (Å²) in [5.41, 5.74) is 0.806. The molecular formula is C23H28N6O4. The fourth-order valence-corrected chi connectivity index (χ4v) is 4.61. The average Bonchev–Trinajstić information content (AvgIpc) is 2.73. The molecule has 174 valence electrons. The van der Waals surface area contributed by atoms with Crippen LogP contribution >= 0.6 is 0 Å². The van der Waals surface area contributed by atoms with Crippen LogP contribution in [-0.2, 0) is 14.4 Å². The summed E-state index contributed by atoms with van der Waals surface area (Å²) < 4.78 is 0. The van der Waals surface area contributed by atoms with E-state index < -0.39 is 17.4 Å². The number of piperidine rings is 1. The van der Waals surface area contributed by atoms with Crippen molar-refractivity contribution in [3.05, 3.63) is 40.2 Å². The molecule has 3 amide bonds. The number of hydrogen-bond donors (Lipinski definition) is 4. The van der Waals surface area contributed by atoms with E-state index >= 15 is 0 Å². The van der Waals surface area contributed by atoms with Crippen molar-refractivity contribution in [2.75, 3.05) is 20.9 Å². The highest BCUT2D eigenvalue weighted by Gasteiger charge is 2.36. The Labute approximate surface area is 191 Å². The smallest absolute Gasteiger partial charge is 0.258 e. The Morgan fingerprint density at radius 3 is 2.24 bits per heavy atom. The van der Waals surface area contributed by atoms with Crippen LogP contribution in [0, 0.1) is 0 Å². The van der Waals surface area contributed by atoms with E-state index in [0.29, 0.717) is 17.3 Å². The van der Waals surface area contributed by atoms with Gasteiger partial charge in [-0.3, -0.25) is 24.2 Å². The lowest BCUT2D eigenvalue weighted by molar-refractivity contribution is -0.123. The number of fused-ring (bicyclic) bond motifs is 1. The minimum absolute atomic E-state index is 0.135. The molecule has 0 aliphatic carbocycles. The fourth-order valence-electron chi connectivity index (χ4n) is 4.61. The van der Waals surface area contributed by atoms with Gasteiger partial charge in [-0.25, -0.2) is 0 Å². The van der Waals surface area contributed by atoms with Gasteiger partial charge in [-0.1, -0.05) is 0 Å². The second-order valence-electron chi connectivity index (χ2n) is 8.74. The maximum Gasteiger partial charge on any atom is 0.258 e. The van der Waals surface area contributed by atoms with Crippen LogP contribution in [0.3, 0.4) is 0 Å². The van der Waals surface area contributed by atoms with Crippen LogP contribution in [-0.4, -0.2) is 39.8 Å². The molecule has 1 saturated heterocycles. The van der Waals surface area contributed by atoms with Crippen molar-refractivity contribution < 1.29 is 14.4 Å². The van der Waals surface area contributed by atoms with Gasteiger partial charge in [-0.05, 0) is 57.4 Å². The van der Waals surface area contributed by atoms with Crippen LogP contribution in [0.25, 0.3) is 0 Å². The van der Waals surface area contributed by atoms with Gasteiger partial charge in [0.2, 0.25) is 23.7 Å². The highest BCUT2D eigenvalue weighted by atomic mass is 16.2.